The fourth-order valence-corrected chi connectivity index (χ4v) is 4.20. The van der Waals surface area contributed by atoms with Gasteiger partial charge < -0.3 is 10.6 Å². The lowest BCUT2D eigenvalue weighted by Gasteiger charge is -2.19. The van der Waals surface area contributed by atoms with Gasteiger partial charge in [0.15, 0.2) is 0 Å². The summed E-state index contributed by atoms with van der Waals surface area (Å²) in [6, 6.07) is 13.5. The molecule has 0 unspecified atom stereocenters. The van der Waals surface area contributed by atoms with Crippen LogP contribution in [-0.2, 0) is 14.8 Å². The van der Waals surface area contributed by atoms with Crippen LogP contribution in [-0.4, -0.2) is 38.3 Å². The number of benzene rings is 2. The minimum absolute atomic E-state index is 0.0353. The van der Waals surface area contributed by atoms with Crippen LogP contribution in [0.25, 0.3) is 0 Å². The Hall–Kier alpha value is -2.89. The molecule has 2 aromatic rings. The Morgan fingerprint density at radius 3 is 2.50 bits per heavy atom. The molecule has 0 aliphatic carbocycles. The molecule has 28 heavy (non-hydrogen) atoms. The Bertz CT molecular complexity index is 993. The first kappa shape index (κ1) is 21.4. The molecule has 2 aromatic carbocycles. The smallest absolute Gasteiger partial charge is 0.243 e. The molecule has 8 heteroatoms. The fourth-order valence-electron chi connectivity index (χ4n) is 2.71. The van der Waals surface area contributed by atoms with Crippen LogP contribution in [0.4, 0.5) is 11.4 Å². The third-order valence-corrected chi connectivity index (χ3v) is 6.31. The van der Waals surface area contributed by atoms with E-state index >= 15 is 0 Å². The summed E-state index contributed by atoms with van der Waals surface area (Å²) in [5.74, 6) is -0.300. The molecule has 1 amide bonds. The van der Waals surface area contributed by atoms with E-state index in [4.69, 9.17) is 5.26 Å². The molecule has 0 saturated heterocycles. The lowest BCUT2D eigenvalue weighted by molar-refractivity contribution is -0.114. The van der Waals surface area contributed by atoms with Gasteiger partial charge >= 0.3 is 0 Å². The SMILES string of the molecule is CCN(CC)S(=O)(=O)c1ccc(C)c(NCC(=O)Nc2cccc(C#N)c2)c1. The first-order valence-electron chi connectivity index (χ1n) is 8.96. The van der Waals surface area contributed by atoms with E-state index in [0.717, 1.165) is 5.56 Å². The molecule has 0 radical (unpaired) electrons. The quantitative estimate of drug-likeness (QED) is 0.709. The Morgan fingerprint density at radius 2 is 1.86 bits per heavy atom. The normalized spacial score (nSPS) is 11.1. The number of nitriles is 1. The largest absolute Gasteiger partial charge is 0.376 e. The number of nitrogens with one attached hydrogen (secondary N) is 2. The van der Waals surface area contributed by atoms with Gasteiger partial charge in [-0.2, -0.15) is 9.57 Å². The van der Waals surface area contributed by atoms with Gasteiger partial charge in [0.1, 0.15) is 0 Å². The van der Waals surface area contributed by atoms with Crippen molar-refractivity contribution in [1.82, 2.24) is 4.31 Å². The molecule has 0 saturated carbocycles. The summed E-state index contributed by atoms with van der Waals surface area (Å²) < 4.78 is 26.8. The summed E-state index contributed by atoms with van der Waals surface area (Å²) in [7, 11) is -3.57. The summed E-state index contributed by atoms with van der Waals surface area (Å²) >= 11 is 0. The van der Waals surface area contributed by atoms with Crippen molar-refractivity contribution < 1.29 is 13.2 Å². The average molecular weight is 401 g/mol. The molecule has 0 aliphatic rings. The molecule has 0 atom stereocenters. The number of aryl methyl sites for hydroxylation is 1. The highest BCUT2D eigenvalue weighted by atomic mass is 32.2. The highest BCUT2D eigenvalue weighted by molar-refractivity contribution is 7.89. The van der Waals surface area contributed by atoms with Crippen molar-refractivity contribution in [3.8, 4) is 6.07 Å². The number of hydrogen-bond acceptors (Lipinski definition) is 5. The molecule has 2 N–H and O–H groups in total. The Labute approximate surface area is 166 Å². The Kier molecular flexibility index (Phi) is 7.15. The molecule has 0 fully saturated rings. The molecule has 148 valence electrons. The summed E-state index contributed by atoms with van der Waals surface area (Å²) in [4.78, 5) is 12.4. The number of hydrogen-bond donors (Lipinski definition) is 2. The highest BCUT2D eigenvalue weighted by Gasteiger charge is 2.22. The van der Waals surface area contributed by atoms with Crippen molar-refractivity contribution in [1.29, 1.82) is 5.26 Å². The van der Waals surface area contributed by atoms with Crippen LogP contribution in [0.1, 0.15) is 25.0 Å². The minimum atomic E-state index is -3.57. The second-order valence-corrected chi connectivity index (χ2v) is 8.10. The number of carbonyl (C=O) groups excluding carboxylic acids is 1. The lowest BCUT2D eigenvalue weighted by atomic mass is 10.2. The number of nitrogens with zero attached hydrogens (tertiary/aromatic N) is 2. The minimum Gasteiger partial charge on any atom is -0.376 e. The van der Waals surface area contributed by atoms with Crippen molar-refractivity contribution in [2.45, 2.75) is 25.7 Å². The van der Waals surface area contributed by atoms with Gasteiger partial charge in [0.25, 0.3) is 0 Å². The van der Waals surface area contributed by atoms with E-state index in [2.05, 4.69) is 10.6 Å². The van der Waals surface area contributed by atoms with Gasteiger partial charge in [0, 0.05) is 24.5 Å². The summed E-state index contributed by atoms with van der Waals surface area (Å²) in [5, 5.41) is 14.6. The monoisotopic (exact) mass is 400 g/mol. The zero-order chi connectivity index (χ0) is 20.7. The van der Waals surface area contributed by atoms with E-state index in [9.17, 15) is 13.2 Å². The van der Waals surface area contributed by atoms with Crippen molar-refractivity contribution in [3.05, 3.63) is 53.6 Å². The van der Waals surface area contributed by atoms with Crippen molar-refractivity contribution >= 4 is 27.3 Å². The van der Waals surface area contributed by atoms with E-state index in [1.54, 1.807) is 56.3 Å². The van der Waals surface area contributed by atoms with Crippen molar-refractivity contribution in [3.63, 3.8) is 0 Å². The first-order chi connectivity index (χ1) is 13.3. The highest BCUT2D eigenvalue weighted by Crippen LogP contribution is 2.23. The topological polar surface area (TPSA) is 102 Å². The van der Waals surface area contributed by atoms with E-state index < -0.39 is 10.0 Å². The molecular formula is C20H24N4O3S. The maximum Gasteiger partial charge on any atom is 0.243 e. The molecule has 0 bridgehead atoms. The lowest BCUT2D eigenvalue weighted by Crippen LogP contribution is -2.30. The van der Waals surface area contributed by atoms with Crippen molar-refractivity contribution in [2.24, 2.45) is 0 Å². The van der Waals surface area contributed by atoms with Gasteiger partial charge in [-0.1, -0.05) is 26.0 Å². The molecule has 2 rings (SSSR count). The average Bonchev–Trinajstić information content (AvgIpc) is 2.68. The molecule has 0 aliphatic heterocycles. The molecule has 7 nitrogen and oxygen atoms in total. The fraction of sp³-hybridized carbons (Fsp3) is 0.300. The zero-order valence-corrected chi connectivity index (χ0v) is 17.0. The van der Waals surface area contributed by atoms with Crippen LogP contribution in [0.5, 0.6) is 0 Å². The second-order valence-electron chi connectivity index (χ2n) is 6.16. The van der Waals surface area contributed by atoms with Gasteiger partial charge in [0.2, 0.25) is 15.9 Å². The zero-order valence-electron chi connectivity index (χ0n) is 16.2. The van der Waals surface area contributed by atoms with Gasteiger partial charge in [-0.25, -0.2) is 8.42 Å². The number of carbonyl (C=O) groups is 1. The van der Waals surface area contributed by atoms with Crippen LogP contribution in [0, 0.1) is 18.3 Å². The number of anilines is 2. The Balaban J connectivity index is 2.12. The van der Waals surface area contributed by atoms with E-state index in [1.165, 1.54) is 4.31 Å². The predicted molar refractivity (Wildman–Crippen MR) is 110 cm³/mol. The van der Waals surface area contributed by atoms with Gasteiger partial charge in [-0.15, -0.1) is 0 Å². The second kappa shape index (κ2) is 9.35. The van der Waals surface area contributed by atoms with Crippen LogP contribution < -0.4 is 10.6 Å². The molecule has 0 aromatic heterocycles. The van der Waals surface area contributed by atoms with Gasteiger partial charge in [-0.05, 0) is 42.8 Å². The Morgan fingerprint density at radius 1 is 1.14 bits per heavy atom. The van der Waals surface area contributed by atoms with Crippen LogP contribution in [0.2, 0.25) is 0 Å². The summed E-state index contributed by atoms with van der Waals surface area (Å²) in [6.07, 6.45) is 0. The van der Waals surface area contributed by atoms with Crippen LogP contribution in [0.3, 0.4) is 0 Å². The number of sulfonamides is 1. The van der Waals surface area contributed by atoms with E-state index in [1.807, 2.05) is 13.0 Å². The number of rotatable bonds is 8. The summed E-state index contributed by atoms with van der Waals surface area (Å²) in [6.45, 7) is 6.16. The molecule has 0 spiro atoms. The van der Waals surface area contributed by atoms with Gasteiger partial charge in [-0.3, -0.25) is 4.79 Å². The van der Waals surface area contributed by atoms with Crippen LogP contribution in [0.15, 0.2) is 47.4 Å². The first-order valence-corrected chi connectivity index (χ1v) is 10.4. The molecule has 0 heterocycles. The summed E-state index contributed by atoms with van der Waals surface area (Å²) in [5.41, 5.74) is 2.39. The van der Waals surface area contributed by atoms with Gasteiger partial charge in [0.05, 0.1) is 23.1 Å². The third-order valence-electron chi connectivity index (χ3n) is 4.27. The standard InChI is InChI=1S/C20H24N4O3S/c1-4-24(5-2)28(26,27)18-10-9-15(3)19(12-18)22-14-20(25)23-17-8-6-7-16(11-17)13-21/h6-12,22H,4-5,14H2,1-3H3,(H,23,25). The van der Waals surface area contributed by atoms with Crippen LogP contribution >= 0.6 is 0 Å². The molecular weight excluding hydrogens is 376 g/mol. The predicted octanol–water partition coefficient (Wildman–Crippen LogP) is 2.95. The van der Waals surface area contributed by atoms with E-state index in [0.29, 0.717) is 30.0 Å². The maximum atomic E-state index is 12.7. The number of amides is 1. The van der Waals surface area contributed by atoms with E-state index in [-0.39, 0.29) is 17.3 Å². The van der Waals surface area contributed by atoms with Crippen molar-refractivity contribution in [2.75, 3.05) is 30.3 Å². The maximum absolute atomic E-state index is 12.7. The third kappa shape index (κ3) is 5.09.